The second-order valence-corrected chi connectivity index (χ2v) is 17.0. The van der Waals surface area contributed by atoms with Crippen LogP contribution in [0.2, 0.25) is 5.04 Å². The summed E-state index contributed by atoms with van der Waals surface area (Å²) in [5.41, 5.74) is -0.0998. The van der Waals surface area contributed by atoms with Gasteiger partial charge in [-0.05, 0) is 37.8 Å². The summed E-state index contributed by atoms with van der Waals surface area (Å²) in [6.45, 7) is 10.0. The van der Waals surface area contributed by atoms with E-state index in [4.69, 9.17) is 23.4 Å². The fraction of sp³-hybridized carbons (Fsp3) is 0.469. The van der Waals surface area contributed by atoms with E-state index in [0.29, 0.717) is 29.7 Å². The number of ether oxygens (including phenoxy) is 4. The van der Waals surface area contributed by atoms with E-state index in [0.717, 1.165) is 0 Å². The Balaban J connectivity index is 1.79. The van der Waals surface area contributed by atoms with Gasteiger partial charge in [-0.1, -0.05) is 88.4 Å². The van der Waals surface area contributed by atoms with E-state index in [-0.39, 0.29) is 29.1 Å². The SMILES string of the molecule is COCOC1c2c(OC)c(=O)c(Br)cn2CC(OC)C1(C)CCO[Si](c1ccccc1)(c1ccccc1)C(C)(C)C. The summed E-state index contributed by atoms with van der Waals surface area (Å²) in [4.78, 5) is 13.1. The Morgan fingerprint density at radius 3 is 2.07 bits per heavy atom. The van der Waals surface area contributed by atoms with Gasteiger partial charge in [-0.2, -0.15) is 0 Å². The highest BCUT2D eigenvalue weighted by Crippen LogP contribution is 2.50. The Morgan fingerprint density at radius 1 is 1.00 bits per heavy atom. The maximum atomic E-state index is 13.1. The maximum Gasteiger partial charge on any atom is 0.261 e. The van der Waals surface area contributed by atoms with Gasteiger partial charge in [-0.25, -0.2) is 0 Å². The molecule has 222 valence electrons. The molecule has 1 aliphatic rings. The zero-order valence-corrected chi connectivity index (χ0v) is 27.7. The first-order valence-electron chi connectivity index (χ1n) is 13.9. The second-order valence-electron chi connectivity index (χ2n) is 11.8. The van der Waals surface area contributed by atoms with Gasteiger partial charge in [0.25, 0.3) is 8.32 Å². The lowest BCUT2D eigenvalue weighted by atomic mass is 9.72. The van der Waals surface area contributed by atoms with Crippen LogP contribution in [0.4, 0.5) is 0 Å². The van der Waals surface area contributed by atoms with Crippen molar-refractivity contribution >= 4 is 34.6 Å². The van der Waals surface area contributed by atoms with Crippen LogP contribution in [0.15, 0.2) is 76.1 Å². The molecule has 3 aromatic rings. The number of pyridine rings is 1. The van der Waals surface area contributed by atoms with E-state index in [9.17, 15) is 4.79 Å². The summed E-state index contributed by atoms with van der Waals surface area (Å²) in [5.74, 6) is 0.258. The van der Waals surface area contributed by atoms with E-state index in [1.165, 1.54) is 17.5 Å². The van der Waals surface area contributed by atoms with Crippen molar-refractivity contribution in [3.8, 4) is 5.75 Å². The molecule has 0 radical (unpaired) electrons. The summed E-state index contributed by atoms with van der Waals surface area (Å²) in [6, 6.07) is 21.2. The third-order valence-corrected chi connectivity index (χ3v) is 14.0. The normalized spacial score (nSPS) is 21.0. The van der Waals surface area contributed by atoms with E-state index in [1.54, 1.807) is 20.4 Å². The highest BCUT2D eigenvalue weighted by atomic mass is 79.9. The Labute approximate surface area is 253 Å². The predicted molar refractivity (Wildman–Crippen MR) is 168 cm³/mol. The molecule has 1 aliphatic heterocycles. The second kappa shape index (κ2) is 12.9. The molecule has 9 heteroatoms. The Kier molecular flexibility index (Phi) is 9.99. The molecule has 41 heavy (non-hydrogen) atoms. The molecule has 3 atom stereocenters. The van der Waals surface area contributed by atoms with Crippen LogP contribution in [-0.4, -0.2) is 53.7 Å². The third kappa shape index (κ3) is 5.85. The van der Waals surface area contributed by atoms with Gasteiger partial charge in [0.05, 0.1) is 23.4 Å². The average molecular weight is 645 g/mol. The molecule has 2 heterocycles. The van der Waals surface area contributed by atoms with Crippen molar-refractivity contribution in [1.29, 1.82) is 0 Å². The first-order valence-corrected chi connectivity index (χ1v) is 16.6. The van der Waals surface area contributed by atoms with Crippen molar-refractivity contribution in [2.24, 2.45) is 5.41 Å². The van der Waals surface area contributed by atoms with Gasteiger partial charge in [-0.15, -0.1) is 0 Å². The number of benzene rings is 2. The van der Waals surface area contributed by atoms with Crippen LogP contribution in [0.3, 0.4) is 0 Å². The fourth-order valence-electron chi connectivity index (χ4n) is 6.33. The highest BCUT2D eigenvalue weighted by molar-refractivity contribution is 9.10. The van der Waals surface area contributed by atoms with Crippen molar-refractivity contribution in [2.45, 2.75) is 57.9 Å². The van der Waals surface area contributed by atoms with Crippen molar-refractivity contribution in [3.63, 3.8) is 0 Å². The number of nitrogens with zero attached hydrogens (tertiary/aromatic N) is 1. The Morgan fingerprint density at radius 2 is 1.59 bits per heavy atom. The molecule has 0 fully saturated rings. The minimum atomic E-state index is -2.74. The molecular formula is C32H42BrNO6Si. The van der Waals surface area contributed by atoms with Crippen LogP contribution in [0.5, 0.6) is 5.75 Å². The largest absolute Gasteiger partial charge is 0.491 e. The smallest absolute Gasteiger partial charge is 0.261 e. The van der Waals surface area contributed by atoms with Gasteiger partial charge in [-0.3, -0.25) is 4.79 Å². The number of hydrogen-bond acceptors (Lipinski definition) is 6. The molecule has 3 unspecified atom stereocenters. The quantitative estimate of drug-likeness (QED) is 0.209. The lowest BCUT2D eigenvalue weighted by molar-refractivity contribution is -0.176. The van der Waals surface area contributed by atoms with Gasteiger partial charge in [0, 0.05) is 39.0 Å². The maximum absolute atomic E-state index is 13.1. The van der Waals surface area contributed by atoms with Crippen molar-refractivity contribution < 1.29 is 23.4 Å². The molecular weight excluding hydrogens is 602 g/mol. The van der Waals surface area contributed by atoms with Crippen molar-refractivity contribution in [2.75, 3.05) is 34.7 Å². The van der Waals surface area contributed by atoms with Gasteiger partial charge >= 0.3 is 0 Å². The number of rotatable bonds is 11. The zero-order chi connectivity index (χ0) is 29.8. The number of methoxy groups -OCH3 is 3. The monoisotopic (exact) mass is 643 g/mol. The van der Waals surface area contributed by atoms with Gasteiger partial charge in [0.2, 0.25) is 5.43 Å². The molecule has 0 saturated heterocycles. The molecule has 0 N–H and O–H groups in total. The molecule has 1 aromatic heterocycles. The Bertz CT molecular complexity index is 1320. The first kappa shape index (κ1) is 31.7. The molecule has 0 saturated carbocycles. The lowest BCUT2D eigenvalue weighted by Crippen LogP contribution is -2.66. The van der Waals surface area contributed by atoms with Gasteiger partial charge in [0.15, 0.2) is 5.75 Å². The zero-order valence-electron chi connectivity index (χ0n) is 25.1. The minimum absolute atomic E-state index is 0.0552. The van der Waals surface area contributed by atoms with E-state index in [2.05, 4.69) is 92.2 Å². The van der Waals surface area contributed by atoms with Crippen LogP contribution in [-0.2, 0) is 25.2 Å². The summed E-state index contributed by atoms with van der Waals surface area (Å²) < 4.78 is 33.2. The molecule has 7 nitrogen and oxygen atoms in total. The standard InChI is InChI=1S/C32H42BrNO6Si/c1-31(2,3)41(23-14-10-8-11-15-23,24-16-12-9-13-17-24)40-19-18-32(4)26(37-6)21-34-20-25(33)28(35)29(38-7)27(34)30(32)39-22-36-5/h8-17,20,26,30H,18-19,21-22H2,1-7H3. The van der Waals surface area contributed by atoms with Crippen LogP contribution in [0.25, 0.3) is 0 Å². The number of hydrogen-bond donors (Lipinski definition) is 0. The minimum Gasteiger partial charge on any atom is -0.491 e. The van der Waals surface area contributed by atoms with Crippen LogP contribution in [0, 0.1) is 5.41 Å². The number of aromatic nitrogens is 1. The molecule has 0 spiro atoms. The van der Waals surface area contributed by atoms with E-state index >= 15 is 0 Å². The van der Waals surface area contributed by atoms with Crippen LogP contribution in [0.1, 0.15) is 45.9 Å². The van der Waals surface area contributed by atoms with Gasteiger partial charge in [0.1, 0.15) is 12.9 Å². The van der Waals surface area contributed by atoms with E-state index < -0.39 is 19.8 Å². The molecule has 2 aromatic carbocycles. The summed E-state index contributed by atoms with van der Waals surface area (Å²) >= 11 is 3.40. The van der Waals surface area contributed by atoms with E-state index in [1.807, 2.05) is 16.7 Å². The summed E-state index contributed by atoms with van der Waals surface area (Å²) in [6.07, 6.45) is 1.64. The van der Waals surface area contributed by atoms with Crippen LogP contribution >= 0.6 is 15.9 Å². The van der Waals surface area contributed by atoms with Gasteiger partial charge < -0.3 is 27.9 Å². The predicted octanol–water partition coefficient (Wildman–Crippen LogP) is 5.28. The van der Waals surface area contributed by atoms with Crippen molar-refractivity contribution in [3.05, 3.63) is 87.3 Å². The van der Waals surface area contributed by atoms with Crippen LogP contribution < -0.4 is 20.5 Å². The molecule has 4 rings (SSSR count). The summed E-state index contributed by atoms with van der Waals surface area (Å²) in [7, 11) is 2.08. The topological polar surface area (TPSA) is 68.2 Å². The third-order valence-electron chi connectivity index (χ3n) is 8.40. The first-order chi connectivity index (χ1) is 19.5. The molecule has 0 bridgehead atoms. The Hall–Kier alpha value is -2.27. The number of fused-ring (bicyclic) bond motifs is 1. The molecule has 0 aliphatic carbocycles. The fourth-order valence-corrected chi connectivity index (χ4v) is 11.3. The highest BCUT2D eigenvalue weighted by Gasteiger charge is 2.53. The number of halogens is 1. The summed E-state index contributed by atoms with van der Waals surface area (Å²) in [5, 5.41) is 2.31. The van der Waals surface area contributed by atoms with Crippen molar-refractivity contribution in [1.82, 2.24) is 4.57 Å². The molecule has 0 amide bonds. The lowest BCUT2D eigenvalue weighted by Gasteiger charge is -2.49. The average Bonchev–Trinajstić information content (AvgIpc) is 2.96.